The zero-order chi connectivity index (χ0) is 15.9. The molecule has 2 aliphatic rings. The van der Waals surface area contributed by atoms with E-state index in [4.69, 9.17) is 0 Å². The van der Waals surface area contributed by atoms with Crippen molar-refractivity contribution in [2.45, 2.75) is 71.1 Å². The van der Waals surface area contributed by atoms with E-state index in [1.165, 1.54) is 17.5 Å². The average molecular weight is 301 g/mol. The van der Waals surface area contributed by atoms with Gasteiger partial charge in [0.15, 0.2) is 0 Å². The topological polar surface area (TPSA) is 23.5 Å². The van der Waals surface area contributed by atoms with Gasteiger partial charge in [0, 0.05) is 24.0 Å². The van der Waals surface area contributed by atoms with Crippen molar-refractivity contribution >= 4 is 0 Å². The van der Waals surface area contributed by atoms with Crippen LogP contribution in [0.15, 0.2) is 24.3 Å². The van der Waals surface area contributed by atoms with Gasteiger partial charge >= 0.3 is 0 Å². The van der Waals surface area contributed by atoms with Gasteiger partial charge in [0.1, 0.15) is 0 Å². The Morgan fingerprint density at radius 2 is 1.86 bits per heavy atom. The molecule has 2 heteroatoms. The Labute approximate surface area is 135 Å². The molecule has 0 spiro atoms. The molecule has 3 rings (SSSR count). The molecule has 122 valence electrons. The number of aliphatic hydroxyl groups excluding tert-OH is 1. The number of hydrogen-bond acceptors (Lipinski definition) is 2. The zero-order valence-electron chi connectivity index (χ0n) is 14.5. The van der Waals surface area contributed by atoms with Crippen molar-refractivity contribution in [3.05, 3.63) is 35.4 Å². The molecule has 0 radical (unpaired) electrons. The molecular weight excluding hydrogens is 270 g/mol. The second-order valence-electron chi connectivity index (χ2n) is 8.06. The Morgan fingerprint density at radius 1 is 1.14 bits per heavy atom. The highest BCUT2D eigenvalue weighted by Crippen LogP contribution is 2.43. The first-order valence-corrected chi connectivity index (χ1v) is 8.94. The molecule has 0 unspecified atom stereocenters. The van der Waals surface area contributed by atoms with Gasteiger partial charge in [0.05, 0.1) is 6.10 Å². The summed E-state index contributed by atoms with van der Waals surface area (Å²) in [5, 5.41) is 10.7. The molecule has 1 aliphatic carbocycles. The first-order chi connectivity index (χ1) is 10.4. The number of benzene rings is 1. The largest absolute Gasteiger partial charge is 0.393 e. The molecule has 1 saturated carbocycles. The minimum Gasteiger partial charge on any atom is -0.393 e. The fraction of sp³-hybridized carbons (Fsp3) is 0.700. The lowest BCUT2D eigenvalue weighted by Crippen LogP contribution is -2.56. The summed E-state index contributed by atoms with van der Waals surface area (Å²) in [6.07, 6.45) is 4.35. The number of hydrogen-bond donors (Lipinski definition) is 1. The molecule has 0 aromatic heterocycles. The van der Waals surface area contributed by atoms with Crippen LogP contribution in [-0.4, -0.2) is 28.2 Å². The Hall–Kier alpha value is -0.860. The first-order valence-electron chi connectivity index (χ1n) is 8.94. The van der Waals surface area contributed by atoms with E-state index in [9.17, 15) is 5.11 Å². The summed E-state index contributed by atoms with van der Waals surface area (Å²) in [7, 11) is 0. The molecule has 1 fully saturated rings. The van der Waals surface area contributed by atoms with Gasteiger partial charge in [-0.2, -0.15) is 0 Å². The number of fused-ring (bicyclic) bond motifs is 1. The lowest BCUT2D eigenvalue weighted by Gasteiger charge is -2.52. The predicted octanol–water partition coefficient (Wildman–Crippen LogP) is 4.18. The highest BCUT2D eigenvalue weighted by Gasteiger charge is 2.44. The summed E-state index contributed by atoms with van der Waals surface area (Å²) in [6.45, 7) is 10.4. The van der Waals surface area contributed by atoms with Crippen molar-refractivity contribution in [2.75, 3.05) is 6.54 Å². The van der Waals surface area contributed by atoms with Crippen LogP contribution in [0.5, 0.6) is 0 Å². The van der Waals surface area contributed by atoms with Crippen LogP contribution in [0.3, 0.4) is 0 Å². The van der Waals surface area contributed by atoms with E-state index < -0.39 is 0 Å². The third-order valence-corrected chi connectivity index (χ3v) is 6.32. The number of aliphatic hydroxyl groups is 1. The quantitative estimate of drug-likeness (QED) is 0.885. The Bertz CT molecular complexity index is 524. The van der Waals surface area contributed by atoms with Crippen molar-refractivity contribution in [3.63, 3.8) is 0 Å². The molecule has 1 aliphatic heterocycles. The van der Waals surface area contributed by atoms with Crippen molar-refractivity contribution in [2.24, 2.45) is 11.8 Å². The lowest BCUT2D eigenvalue weighted by atomic mass is 9.70. The lowest BCUT2D eigenvalue weighted by molar-refractivity contribution is -0.0606. The molecule has 1 aromatic carbocycles. The van der Waals surface area contributed by atoms with Crippen LogP contribution in [0.25, 0.3) is 0 Å². The summed E-state index contributed by atoms with van der Waals surface area (Å²) in [5.41, 5.74) is 3.02. The molecule has 0 amide bonds. The molecular formula is C20H31NO. The second-order valence-corrected chi connectivity index (χ2v) is 8.06. The van der Waals surface area contributed by atoms with Gasteiger partial charge in [0.25, 0.3) is 0 Å². The number of nitrogens with zero attached hydrogens (tertiary/aromatic N) is 1. The van der Waals surface area contributed by atoms with E-state index in [2.05, 4.69) is 56.9 Å². The fourth-order valence-corrected chi connectivity index (χ4v) is 4.95. The van der Waals surface area contributed by atoms with Crippen molar-refractivity contribution in [3.8, 4) is 0 Å². The minimum absolute atomic E-state index is 0.0481. The van der Waals surface area contributed by atoms with Crippen LogP contribution in [0.2, 0.25) is 0 Å². The standard InChI is InChI=1S/C20H31NO/c1-14-9-10-18(19(22)13-14)20(3,4)21-12-11-16-7-5-6-8-17(16)15(21)2/h5-8,14-15,18-19,22H,9-13H2,1-4H3/t14-,15+,18-,19-/m1/s1. The van der Waals surface area contributed by atoms with E-state index in [1.54, 1.807) is 0 Å². The normalized spacial score (nSPS) is 33.5. The van der Waals surface area contributed by atoms with Crippen LogP contribution < -0.4 is 0 Å². The maximum absolute atomic E-state index is 10.7. The maximum atomic E-state index is 10.7. The number of rotatable bonds is 2. The Balaban J connectivity index is 1.84. The van der Waals surface area contributed by atoms with E-state index in [0.29, 0.717) is 17.9 Å². The minimum atomic E-state index is -0.150. The molecule has 0 bridgehead atoms. The summed E-state index contributed by atoms with van der Waals surface area (Å²) < 4.78 is 0. The predicted molar refractivity (Wildman–Crippen MR) is 91.9 cm³/mol. The fourth-order valence-electron chi connectivity index (χ4n) is 4.95. The first kappa shape index (κ1) is 16.0. The maximum Gasteiger partial charge on any atom is 0.0588 e. The van der Waals surface area contributed by atoms with Crippen LogP contribution in [-0.2, 0) is 6.42 Å². The van der Waals surface area contributed by atoms with E-state index in [0.717, 1.165) is 25.8 Å². The zero-order valence-corrected chi connectivity index (χ0v) is 14.5. The van der Waals surface area contributed by atoms with Crippen LogP contribution >= 0.6 is 0 Å². The van der Waals surface area contributed by atoms with Crippen LogP contribution in [0.4, 0.5) is 0 Å². The van der Waals surface area contributed by atoms with Gasteiger partial charge in [-0.25, -0.2) is 0 Å². The summed E-state index contributed by atoms with van der Waals surface area (Å²) in [6, 6.07) is 9.29. The smallest absolute Gasteiger partial charge is 0.0588 e. The Morgan fingerprint density at radius 3 is 2.59 bits per heavy atom. The van der Waals surface area contributed by atoms with Gasteiger partial charge in [-0.3, -0.25) is 4.90 Å². The molecule has 1 N–H and O–H groups in total. The van der Waals surface area contributed by atoms with Crippen molar-refractivity contribution in [1.29, 1.82) is 0 Å². The highest BCUT2D eigenvalue weighted by molar-refractivity contribution is 5.32. The third-order valence-electron chi connectivity index (χ3n) is 6.32. The molecule has 0 saturated heterocycles. The monoisotopic (exact) mass is 301 g/mol. The highest BCUT2D eigenvalue weighted by atomic mass is 16.3. The molecule has 1 aromatic rings. The van der Waals surface area contributed by atoms with E-state index >= 15 is 0 Å². The summed E-state index contributed by atoms with van der Waals surface area (Å²) in [4.78, 5) is 2.64. The third kappa shape index (κ3) is 2.72. The average Bonchev–Trinajstić information content (AvgIpc) is 2.47. The van der Waals surface area contributed by atoms with E-state index in [-0.39, 0.29) is 11.6 Å². The van der Waals surface area contributed by atoms with Gasteiger partial charge in [-0.05, 0) is 57.1 Å². The van der Waals surface area contributed by atoms with E-state index in [1.807, 2.05) is 0 Å². The van der Waals surface area contributed by atoms with Crippen molar-refractivity contribution < 1.29 is 5.11 Å². The second kappa shape index (κ2) is 5.98. The summed E-state index contributed by atoms with van der Waals surface area (Å²) in [5.74, 6) is 1.05. The van der Waals surface area contributed by atoms with Crippen LogP contribution in [0, 0.1) is 11.8 Å². The molecule has 1 heterocycles. The van der Waals surface area contributed by atoms with Crippen LogP contribution in [0.1, 0.15) is 64.1 Å². The molecule has 2 nitrogen and oxygen atoms in total. The van der Waals surface area contributed by atoms with Crippen molar-refractivity contribution in [1.82, 2.24) is 4.90 Å². The Kier molecular flexibility index (Phi) is 4.35. The SMILES string of the molecule is C[C@@H]1CC[C@@H](C(C)(C)N2CCc3ccccc3[C@@H]2C)[C@H](O)C1. The van der Waals surface area contributed by atoms with Gasteiger partial charge in [-0.15, -0.1) is 0 Å². The van der Waals surface area contributed by atoms with Gasteiger partial charge in [0.2, 0.25) is 0 Å². The summed E-state index contributed by atoms with van der Waals surface area (Å²) >= 11 is 0. The molecule has 4 atom stereocenters. The van der Waals surface area contributed by atoms with Gasteiger partial charge in [-0.1, -0.05) is 37.6 Å². The molecule has 22 heavy (non-hydrogen) atoms. The van der Waals surface area contributed by atoms with Gasteiger partial charge < -0.3 is 5.11 Å².